The van der Waals surface area contributed by atoms with Crippen molar-refractivity contribution in [3.63, 3.8) is 0 Å². The zero-order valence-corrected chi connectivity index (χ0v) is 20.1. The molecule has 36 heavy (non-hydrogen) atoms. The van der Waals surface area contributed by atoms with Crippen LogP contribution in [-0.2, 0) is 22.5 Å². The predicted molar refractivity (Wildman–Crippen MR) is 130 cm³/mol. The van der Waals surface area contributed by atoms with Crippen LogP contribution in [0.3, 0.4) is 0 Å². The molecule has 4 aromatic rings. The molecule has 0 fully saturated rings. The third kappa shape index (κ3) is 5.33. The summed E-state index contributed by atoms with van der Waals surface area (Å²) in [7, 11) is 0.291. The van der Waals surface area contributed by atoms with Crippen molar-refractivity contribution in [1.82, 2.24) is 14.8 Å². The number of hydrogen-bond donors (Lipinski definition) is 1. The van der Waals surface area contributed by atoms with Gasteiger partial charge in [-0.15, -0.1) is 0 Å². The Labute approximate surface area is 205 Å². The number of benzene rings is 2. The van der Waals surface area contributed by atoms with E-state index in [-0.39, 0.29) is 22.9 Å². The van der Waals surface area contributed by atoms with Gasteiger partial charge in [-0.25, -0.2) is 13.6 Å². The molecule has 188 valence electrons. The van der Waals surface area contributed by atoms with E-state index in [9.17, 15) is 22.2 Å². The number of carbonyl (C=O) groups excluding carboxylic acids is 1. The lowest BCUT2D eigenvalue weighted by Gasteiger charge is -2.11. The molecule has 0 radical (unpaired) electrons. The monoisotopic (exact) mass is 517 g/mol. The van der Waals surface area contributed by atoms with Crippen LogP contribution in [0, 0.1) is 0 Å². The summed E-state index contributed by atoms with van der Waals surface area (Å²) in [4.78, 5) is 16.7. The summed E-state index contributed by atoms with van der Waals surface area (Å²) in [6.45, 7) is 0.317. The summed E-state index contributed by atoms with van der Waals surface area (Å²) >= 11 is 0. The van der Waals surface area contributed by atoms with Crippen molar-refractivity contribution in [3.05, 3.63) is 78.2 Å². The van der Waals surface area contributed by atoms with Gasteiger partial charge in [0.1, 0.15) is 17.1 Å². The molecular weight excluding hydrogens is 495 g/mol. The Morgan fingerprint density at radius 3 is 2.56 bits per heavy atom. The van der Waals surface area contributed by atoms with E-state index in [1.54, 1.807) is 47.3 Å². The maximum absolute atomic E-state index is 13.3. The average Bonchev–Trinajstić information content (AvgIpc) is 3.28. The van der Waals surface area contributed by atoms with Gasteiger partial charge in [0, 0.05) is 29.6 Å². The number of methoxy groups -OCH3 is 1. The molecule has 1 unspecified atom stereocenters. The predicted octanol–water partition coefficient (Wildman–Crippen LogP) is 4.87. The highest BCUT2D eigenvalue weighted by Gasteiger charge is 2.33. The zero-order valence-electron chi connectivity index (χ0n) is 19.3. The summed E-state index contributed by atoms with van der Waals surface area (Å²) in [6.07, 6.45) is -2.95. The van der Waals surface area contributed by atoms with Crippen molar-refractivity contribution in [2.24, 2.45) is 4.36 Å². The highest BCUT2D eigenvalue weighted by molar-refractivity contribution is 7.93. The van der Waals surface area contributed by atoms with E-state index in [0.717, 1.165) is 12.1 Å². The van der Waals surface area contributed by atoms with Gasteiger partial charge in [0.05, 0.1) is 40.3 Å². The Kier molecular flexibility index (Phi) is 6.97. The van der Waals surface area contributed by atoms with Gasteiger partial charge in [-0.1, -0.05) is 24.3 Å². The van der Waals surface area contributed by atoms with Crippen molar-refractivity contribution in [2.75, 3.05) is 25.2 Å². The molecule has 0 saturated heterocycles. The molecular formula is C24H22F3N5O3S. The maximum atomic E-state index is 13.3. The number of nitrogens with zero attached hydrogens (tertiary/aromatic N) is 4. The summed E-state index contributed by atoms with van der Waals surface area (Å²) in [6, 6.07) is 15.3. The number of aromatic nitrogens is 3. The Morgan fingerprint density at radius 2 is 1.89 bits per heavy atom. The van der Waals surface area contributed by atoms with Crippen LogP contribution in [0.1, 0.15) is 16.2 Å². The van der Waals surface area contributed by atoms with Crippen LogP contribution in [0.5, 0.6) is 5.75 Å². The number of alkyl halides is 3. The molecule has 4 rings (SSSR count). The minimum atomic E-state index is -4.67. The highest BCUT2D eigenvalue weighted by Crippen LogP contribution is 2.31. The van der Waals surface area contributed by atoms with E-state index in [0.29, 0.717) is 22.3 Å². The number of aryl methyl sites for hydroxylation is 1. The van der Waals surface area contributed by atoms with Crippen molar-refractivity contribution < 1.29 is 26.9 Å². The van der Waals surface area contributed by atoms with Crippen LogP contribution in [0.2, 0.25) is 0 Å². The normalized spacial score (nSPS) is 13.2. The van der Waals surface area contributed by atoms with Crippen LogP contribution >= 0.6 is 0 Å². The van der Waals surface area contributed by atoms with Crippen LogP contribution in [0.15, 0.2) is 76.1 Å². The van der Waals surface area contributed by atoms with E-state index in [4.69, 9.17) is 4.74 Å². The van der Waals surface area contributed by atoms with E-state index in [1.165, 1.54) is 20.2 Å². The van der Waals surface area contributed by atoms with Gasteiger partial charge in [0.2, 0.25) is 0 Å². The molecule has 2 heterocycles. The first-order chi connectivity index (χ1) is 17.1. The van der Waals surface area contributed by atoms with Gasteiger partial charge in [-0.2, -0.15) is 18.3 Å². The molecule has 1 amide bonds. The topological polar surface area (TPSA) is 98.5 Å². The molecule has 8 nitrogen and oxygen atoms in total. The number of anilines is 1. The van der Waals surface area contributed by atoms with Gasteiger partial charge in [0.25, 0.3) is 5.91 Å². The fourth-order valence-electron chi connectivity index (χ4n) is 3.56. The average molecular weight is 518 g/mol. The number of pyridine rings is 1. The third-order valence-electron chi connectivity index (χ3n) is 5.40. The van der Waals surface area contributed by atoms with Crippen LogP contribution in [0.25, 0.3) is 10.9 Å². The number of amides is 1. The molecule has 0 aliphatic heterocycles. The van der Waals surface area contributed by atoms with Gasteiger partial charge in [-0.05, 0) is 30.3 Å². The number of halogens is 3. The molecule has 0 aliphatic rings. The second kappa shape index (κ2) is 9.97. The van der Waals surface area contributed by atoms with Crippen molar-refractivity contribution in [3.8, 4) is 5.75 Å². The van der Waals surface area contributed by atoms with E-state index in [2.05, 4.69) is 19.8 Å². The first kappa shape index (κ1) is 25.2. The second-order valence-electron chi connectivity index (χ2n) is 7.70. The zero-order chi connectivity index (χ0) is 25.9. The minimum absolute atomic E-state index is 0.240. The maximum Gasteiger partial charge on any atom is 0.433 e. The second-order valence-corrected chi connectivity index (χ2v) is 10.2. The standard InChI is InChI=1S/C24H22F3N5O3S/c1-28-36(34,17-7-4-3-5-8-17)12-11-32-15-16-13-20(21(35-2)14-19(16)31-32)30-23(33)18-9-6-10-22(29-18)24(25,26)27/h3-10,13-15H,11-12H2,1-2H3,(H,30,33). The van der Waals surface area contributed by atoms with E-state index >= 15 is 0 Å². The summed E-state index contributed by atoms with van der Waals surface area (Å²) in [5, 5.41) is 7.68. The summed E-state index contributed by atoms with van der Waals surface area (Å²) < 4.78 is 63.3. The number of carbonyl (C=O) groups is 1. The minimum Gasteiger partial charge on any atom is -0.494 e. The fraction of sp³-hybridized carbons (Fsp3) is 0.208. The highest BCUT2D eigenvalue weighted by atomic mass is 32.2. The molecule has 12 heteroatoms. The van der Waals surface area contributed by atoms with Gasteiger partial charge >= 0.3 is 6.18 Å². The first-order valence-corrected chi connectivity index (χ1v) is 12.4. The molecule has 1 N–H and O–H groups in total. The number of hydrogen-bond acceptors (Lipinski definition) is 6. The van der Waals surface area contributed by atoms with Crippen LogP contribution < -0.4 is 10.1 Å². The molecule has 0 bridgehead atoms. The summed E-state index contributed by atoms with van der Waals surface area (Å²) in [5.41, 5.74) is -0.751. The molecule has 2 aromatic heterocycles. The first-order valence-electron chi connectivity index (χ1n) is 10.7. The van der Waals surface area contributed by atoms with Crippen molar-refractivity contribution >= 4 is 32.2 Å². The molecule has 0 saturated carbocycles. The lowest BCUT2D eigenvalue weighted by molar-refractivity contribution is -0.141. The Bertz CT molecular complexity index is 1530. The van der Waals surface area contributed by atoms with Gasteiger partial charge in [-0.3, -0.25) is 9.48 Å². The smallest absolute Gasteiger partial charge is 0.433 e. The molecule has 2 aromatic carbocycles. The number of nitrogens with one attached hydrogen (secondary N) is 1. The fourth-order valence-corrected chi connectivity index (χ4v) is 5.20. The number of ether oxygens (including phenoxy) is 1. The molecule has 1 atom stereocenters. The lowest BCUT2D eigenvalue weighted by Crippen LogP contribution is -2.17. The largest absolute Gasteiger partial charge is 0.494 e. The molecule has 0 aliphatic carbocycles. The number of fused-ring (bicyclic) bond motifs is 1. The Morgan fingerprint density at radius 1 is 1.14 bits per heavy atom. The van der Waals surface area contributed by atoms with Crippen LogP contribution in [-0.4, -0.2) is 44.8 Å². The Balaban J connectivity index is 1.57. The van der Waals surface area contributed by atoms with Gasteiger partial charge < -0.3 is 10.1 Å². The third-order valence-corrected chi connectivity index (χ3v) is 7.73. The van der Waals surface area contributed by atoms with E-state index < -0.39 is 27.5 Å². The van der Waals surface area contributed by atoms with Crippen molar-refractivity contribution in [1.29, 1.82) is 0 Å². The summed E-state index contributed by atoms with van der Waals surface area (Å²) in [5.74, 6) is -0.313. The van der Waals surface area contributed by atoms with Gasteiger partial charge in [0.15, 0.2) is 0 Å². The van der Waals surface area contributed by atoms with E-state index in [1.807, 2.05) is 6.07 Å². The number of rotatable bonds is 7. The lowest BCUT2D eigenvalue weighted by atomic mass is 10.2. The quantitative estimate of drug-likeness (QED) is 0.377. The Hall–Kier alpha value is -3.93. The molecule has 0 spiro atoms. The van der Waals surface area contributed by atoms with Crippen LogP contribution in [0.4, 0.5) is 18.9 Å². The SMILES string of the molecule is CN=S(=O)(CCn1cc2cc(NC(=O)c3cccc(C(F)(F)F)n3)c(OC)cc2n1)c1ccccc1. The van der Waals surface area contributed by atoms with Crippen molar-refractivity contribution in [2.45, 2.75) is 17.6 Å².